The SMILES string of the molecule is CC/C(=C(/C)CC(=O)C(C)C)[Si](C)(C)C. The smallest absolute Gasteiger partial charge is 0.139 e. The third kappa shape index (κ3) is 4.78. The van der Waals surface area contributed by atoms with Crippen molar-refractivity contribution in [2.45, 2.75) is 60.2 Å². The predicted molar refractivity (Wildman–Crippen MR) is 70.8 cm³/mol. The Bertz CT molecular complexity index is 256. The van der Waals surface area contributed by atoms with E-state index in [1.165, 1.54) is 5.57 Å². The molecule has 0 N–H and O–H groups in total. The first-order valence-electron chi connectivity index (χ1n) is 5.92. The first-order valence-corrected chi connectivity index (χ1v) is 9.42. The highest BCUT2D eigenvalue weighted by atomic mass is 28.3. The molecule has 0 aliphatic rings. The average molecular weight is 226 g/mol. The normalized spacial score (nSPS) is 14.1. The third-order valence-corrected chi connectivity index (χ3v) is 5.45. The van der Waals surface area contributed by atoms with Crippen molar-refractivity contribution < 1.29 is 4.79 Å². The summed E-state index contributed by atoms with van der Waals surface area (Å²) in [7, 11) is -1.22. The van der Waals surface area contributed by atoms with E-state index in [0.29, 0.717) is 12.2 Å². The van der Waals surface area contributed by atoms with Crippen molar-refractivity contribution in [3.8, 4) is 0 Å². The van der Waals surface area contributed by atoms with Crippen LogP contribution in [0, 0.1) is 5.92 Å². The van der Waals surface area contributed by atoms with Gasteiger partial charge >= 0.3 is 0 Å². The van der Waals surface area contributed by atoms with Gasteiger partial charge in [-0.05, 0) is 13.3 Å². The van der Waals surface area contributed by atoms with Gasteiger partial charge in [0.05, 0.1) is 8.07 Å². The van der Waals surface area contributed by atoms with E-state index in [4.69, 9.17) is 0 Å². The maximum absolute atomic E-state index is 11.7. The molecule has 0 aromatic rings. The molecule has 2 heteroatoms. The van der Waals surface area contributed by atoms with E-state index in [0.717, 1.165) is 6.42 Å². The fourth-order valence-corrected chi connectivity index (χ4v) is 4.47. The number of hydrogen-bond acceptors (Lipinski definition) is 1. The molecule has 0 aromatic heterocycles. The zero-order valence-electron chi connectivity index (χ0n) is 11.4. The van der Waals surface area contributed by atoms with Crippen molar-refractivity contribution in [3.05, 3.63) is 10.8 Å². The average Bonchev–Trinajstić information content (AvgIpc) is 2.01. The Hall–Kier alpha value is -0.373. The molecule has 0 saturated heterocycles. The van der Waals surface area contributed by atoms with Gasteiger partial charge in [0.2, 0.25) is 0 Å². The van der Waals surface area contributed by atoms with Crippen LogP contribution in [0.5, 0.6) is 0 Å². The molecule has 0 unspecified atom stereocenters. The van der Waals surface area contributed by atoms with Crippen LogP contribution >= 0.6 is 0 Å². The van der Waals surface area contributed by atoms with Crippen LogP contribution in [-0.2, 0) is 4.79 Å². The van der Waals surface area contributed by atoms with Crippen LogP contribution in [0.4, 0.5) is 0 Å². The lowest BCUT2D eigenvalue weighted by Crippen LogP contribution is -2.25. The number of ketones is 1. The summed E-state index contributed by atoms with van der Waals surface area (Å²) in [6.07, 6.45) is 1.76. The van der Waals surface area contributed by atoms with E-state index in [9.17, 15) is 4.79 Å². The Morgan fingerprint density at radius 1 is 1.20 bits per heavy atom. The number of carbonyl (C=O) groups excluding carboxylic acids is 1. The summed E-state index contributed by atoms with van der Waals surface area (Å²) in [4.78, 5) is 11.7. The van der Waals surface area contributed by atoms with Crippen LogP contribution in [0.15, 0.2) is 10.8 Å². The highest BCUT2D eigenvalue weighted by Gasteiger charge is 2.21. The minimum Gasteiger partial charge on any atom is -0.299 e. The number of allylic oxidation sites excluding steroid dienone is 2. The quantitative estimate of drug-likeness (QED) is 0.642. The molecule has 0 radical (unpaired) electrons. The van der Waals surface area contributed by atoms with E-state index in [1.54, 1.807) is 5.20 Å². The molecule has 0 aromatic carbocycles. The summed E-state index contributed by atoms with van der Waals surface area (Å²) >= 11 is 0. The van der Waals surface area contributed by atoms with Crippen molar-refractivity contribution in [1.29, 1.82) is 0 Å². The zero-order valence-corrected chi connectivity index (χ0v) is 12.4. The molecule has 0 aliphatic heterocycles. The van der Waals surface area contributed by atoms with Crippen LogP contribution in [-0.4, -0.2) is 13.9 Å². The fraction of sp³-hybridized carbons (Fsp3) is 0.769. The van der Waals surface area contributed by atoms with Gasteiger partial charge in [0.1, 0.15) is 5.78 Å². The third-order valence-electron chi connectivity index (χ3n) is 2.86. The highest BCUT2D eigenvalue weighted by Crippen LogP contribution is 2.24. The van der Waals surface area contributed by atoms with E-state index >= 15 is 0 Å². The second-order valence-corrected chi connectivity index (χ2v) is 10.8. The standard InChI is InChI=1S/C13H26OSi/c1-8-13(15(5,6)7)11(4)9-12(14)10(2)3/h10H,8-9H2,1-7H3/b13-11+. The molecule has 0 aliphatic carbocycles. The van der Waals surface area contributed by atoms with Crippen LogP contribution in [0.1, 0.15) is 40.5 Å². The van der Waals surface area contributed by atoms with Crippen molar-refractivity contribution in [1.82, 2.24) is 0 Å². The van der Waals surface area contributed by atoms with E-state index in [1.807, 2.05) is 13.8 Å². The van der Waals surface area contributed by atoms with Crippen LogP contribution in [0.2, 0.25) is 19.6 Å². The molecule has 0 rings (SSSR count). The molecule has 0 atom stereocenters. The van der Waals surface area contributed by atoms with Crippen LogP contribution < -0.4 is 0 Å². The van der Waals surface area contributed by atoms with E-state index in [-0.39, 0.29) is 5.92 Å². The molecule has 0 heterocycles. The summed E-state index contributed by atoms with van der Waals surface area (Å²) in [5, 5.41) is 1.57. The molecule has 0 saturated carbocycles. The van der Waals surface area contributed by atoms with Gasteiger partial charge in [-0.25, -0.2) is 0 Å². The lowest BCUT2D eigenvalue weighted by molar-refractivity contribution is -0.121. The van der Waals surface area contributed by atoms with Gasteiger partial charge in [-0.15, -0.1) is 0 Å². The molecule has 0 bridgehead atoms. The van der Waals surface area contributed by atoms with Crippen molar-refractivity contribution in [2.75, 3.05) is 0 Å². The Morgan fingerprint density at radius 3 is 1.93 bits per heavy atom. The Kier molecular flexibility index (Phi) is 5.50. The molecule has 88 valence electrons. The van der Waals surface area contributed by atoms with E-state index < -0.39 is 8.07 Å². The van der Waals surface area contributed by atoms with Gasteiger partial charge in [-0.2, -0.15) is 0 Å². The molecule has 1 nitrogen and oxygen atoms in total. The zero-order chi connectivity index (χ0) is 12.2. The maximum Gasteiger partial charge on any atom is 0.139 e. The van der Waals surface area contributed by atoms with Crippen molar-refractivity contribution >= 4 is 13.9 Å². The molecule has 0 spiro atoms. The van der Waals surface area contributed by atoms with Crippen LogP contribution in [0.3, 0.4) is 0 Å². The van der Waals surface area contributed by atoms with Gasteiger partial charge in [-0.3, -0.25) is 4.79 Å². The molecular formula is C13H26OSi. The van der Waals surface area contributed by atoms with Gasteiger partial charge in [-0.1, -0.05) is 51.2 Å². The first kappa shape index (κ1) is 14.6. The molecular weight excluding hydrogens is 200 g/mol. The number of rotatable bonds is 5. The minimum atomic E-state index is -1.22. The number of carbonyl (C=O) groups is 1. The summed E-state index contributed by atoms with van der Waals surface area (Å²) in [5.74, 6) is 0.538. The second kappa shape index (κ2) is 5.64. The van der Waals surface area contributed by atoms with Gasteiger partial charge in [0, 0.05) is 12.3 Å². The molecule has 15 heavy (non-hydrogen) atoms. The Morgan fingerprint density at radius 2 is 1.67 bits per heavy atom. The minimum absolute atomic E-state index is 0.166. The van der Waals surface area contributed by atoms with Crippen molar-refractivity contribution in [2.24, 2.45) is 5.92 Å². The summed E-state index contributed by atoms with van der Waals surface area (Å²) in [6.45, 7) is 15.4. The monoisotopic (exact) mass is 226 g/mol. The topological polar surface area (TPSA) is 17.1 Å². The summed E-state index contributed by atoms with van der Waals surface area (Å²) in [5.41, 5.74) is 1.33. The second-order valence-electron chi connectivity index (χ2n) is 5.66. The summed E-state index contributed by atoms with van der Waals surface area (Å²) in [6, 6.07) is 0. The lowest BCUT2D eigenvalue weighted by atomic mass is 10.0. The molecule has 0 fully saturated rings. The maximum atomic E-state index is 11.7. The van der Waals surface area contributed by atoms with E-state index in [2.05, 4.69) is 33.5 Å². The first-order chi connectivity index (χ1) is 6.70. The lowest BCUT2D eigenvalue weighted by Gasteiger charge is -2.23. The highest BCUT2D eigenvalue weighted by molar-refractivity contribution is 6.83. The van der Waals surface area contributed by atoms with Gasteiger partial charge in [0.15, 0.2) is 0 Å². The summed E-state index contributed by atoms with van der Waals surface area (Å²) < 4.78 is 0. The van der Waals surface area contributed by atoms with Gasteiger partial charge in [0.25, 0.3) is 0 Å². The van der Waals surface area contributed by atoms with Gasteiger partial charge < -0.3 is 0 Å². The number of Topliss-reactive ketones (excluding diaryl/α,β-unsaturated/α-hetero) is 1. The number of hydrogen-bond donors (Lipinski definition) is 0. The molecule has 0 amide bonds. The Balaban J connectivity index is 4.83. The predicted octanol–water partition coefficient (Wildman–Crippen LogP) is 4.21. The Labute approximate surface area is 96.0 Å². The van der Waals surface area contributed by atoms with Crippen LogP contribution in [0.25, 0.3) is 0 Å². The fourth-order valence-electron chi connectivity index (χ4n) is 2.04. The largest absolute Gasteiger partial charge is 0.299 e. The van der Waals surface area contributed by atoms with Crippen molar-refractivity contribution in [3.63, 3.8) is 0 Å².